The highest BCUT2D eigenvalue weighted by molar-refractivity contribution is 5.93. The molecule has 1 unspecified atom stereocenters. The van der Waals surface area contributed by atoms with E-state index in [1.165, 1.54) is 6.07 Å². The van der Waals surface area contributed by atoms with E-state index >= 15 is 0 Å². The first-order valence-corrected chi connectivity index (χ1v) is 8.83. The second-order valence-electron chi connectivity index (χ2n) is 7.00. The molecule has 2 heterocycles. The van der Waals surface area contributed by atoms with Crippen LogP contribution in [0.25, 0.3) is 11.0 Å². The molecule has 3 aromatic rings. The summed E-state index contributed by atoms with van der Waals surface area (Å²) in [5.41, 5.74) is 2.09. The number of hydrogen-bond donors (Lipinski definition) is 1. The van der Waals surface area contributed by atoms with E-state index in [4.69, 9.17) is 8.83 Å². The zero-order chi connectivity index (χ0) is 19.7. The van der Waals surface area contributed by atoms with Crippen molar-refractivity contribution in [3.8, 4) is 0 Å². The molecular weight excluding hydrogens is 380 g/mol. The summed E-state index contributed by atoms with van der Waals surface area (Å²) in [5, 5.41) is 3.32. The van der Waals surface area contributed by atoms with Crippen LogP contribution >= 0.6 is 12.4 Å². The number of halogens is 1. The van der Waals surface area contributed by atoms with Gasteiger partial charge in [0.05, 0.1) is 11.4 Å². The summed E-state index contributed by atoms with van der Waals surface area (Å²) in [6.07, 6.45) is 0. The molecule has 0 bridgehead atoms. The number of furan rings is 1. The van der Waals surface area contributed by atoms with Gasteiger partial charge in [0.2, 0.25) is 0 Å². The Balaban J connectivity index is 0.00000280. The van der Waals surface area contributed by atoms with Crippen LogP contribution < -0.4 is 10.7 Å². The standard InChI is InChI=1S/C21H24N2O4.ClH/c1-12-6-8-15-17(24)10-19(27-20(15)14(12)3)21(25)22-11-16(23(4)5)18-9-7-13(2)26-18;/h6-10,16H,11H2,1-5H3,(H,22,25);1H. The number of nitrogens with one attached hydrogen (secondary N) is 1. The number of fused-ring (bicyclic) bond motifs is 1. The van der Waals surface area contributed by atoms with Crippen molar-refractivity contribution in [2.45, 2.75) is 26.8 Å². The molecule has 7 heteroatoms. The zero-order valence-corrected chi connectivity index (χ0v) is 17.5. The Morgan fingerprint density at radius 1 is 1.11 bits per heavy atom. The molecule has 150 valence electrons. The summed E-state index contributed by atoms with van der Waals surface area (Å²) in [6.45, 7) is 6.02. The highest BCUT2D eigenvalue weighted by Crippen LogP contribution is 2.22. The number of nitrogens with zero attached hydrogens (tertiary/aromatic N) is 1. The lowest BCUT2D eigenvalue weighted by atomic mass is 10.1. The second kappa shape index (κ2) is 8.63. The van der Waals surface area contributed by atoms with Gasteiger partial charge in [-0.15, -0.1) is 12.4 Å². The van der Waals surface area contributed by atoms with Crippen molar-refractivity contribution in [3.05, 3.63) is 69.0 Å². The third-order valence-electron chi connectivity index (χ3n) is 4.81. The molecule has 6 nitrogen and oxygen atoms in total. The van der Waals surface area contributed by atoms with E-state index in [0.717, 1.165) is 22.6 Å². The molecule has 0 saturated heterocycles. The van der Waals surface area contributed by atoms with Crippen LogP contribution in [0.15, 0.2) is 44.0 Å². The van der Waals surface area contributed by atoms with E-state index in [1.54, 1.807) is 6.07 Å². The molecule has 0 aliphatic carbocycles. The Morgan fingerprint density at radius 2 is 1.82 bits per heavy atom. The summed E-state index contributed by atoms with van der Waals surface area (Å²) in [5.74, 6) is 1.16. The highest BCUT2D eigenvalue weighted by Gasteiger charge is 2.20. The van der Waals surface area contributed by atoms with Gasteiger partial charge in [-0.1, -0.05) is 6.07 Å². The minimum atomic E-state index is -0.426. The molecule has 1 aromatic carbocycles. The average molecular weight is 405 g/mol. The Labute approximate surface area is 169 Å². The fourth-order valence-electron chi connectivity index (χ4n) is 3.01. The zero-order valence-electron chi connectivity index (χ0n) is 16.7. The number of benzene rings is 1. The van der Waals surface area contributed by atoms with E-state index in [2.05, 4.69) is 5.32 Å². The van der Waals surface area contributed by atoms with Gasteiger partial charge in [0, 0.05) is 12.6 Å². The van der Waals surface area contributed by atoms with Crippen LogP contribution in [0.5, 0.6) is 0 Å². The summed E-state index contributed by atoms with van der Waals surface area (Å²) in [7, 11) is 3.83. The predicted octanol–water partition coefficient (Wildman–Crippen LogP) is 3.77. The highest BCUT2D eigenvalue weighted by atomic mass is 35.5. The van der Waals surface area contributed by atoms with Crippen LogP contribution in [0.1, 0.15) is 39.2 Å². The first-order valence-electron chi connectivity index (χ1n) is 8.83. The van der Waals surface area contributed by atoms with Crippen molar-refractivity contribution in [1.29, 1.82) is 0 Å². The first kappa shape index (κ1) is 21.7. The minimum absolute atomic E-state index is 0. The number of rotatable bonds is 5. The lowest BCUT2D eigenvalue weighted by molar-refractivity contribution is 0.0911. The summed E-state index contributed by atoms with van der Waals surface area (Å²) in [4.78, 5) is 26.9. The van der Waals surface area contributed by atoms with Crippen molar-refractivity contribution in [2.75, 3.05) is 20.6 Å². The van der Waals surface area contributed by atoms with Crippen LogP contribution in [0.2, 0.25) is 0 Å². The number of amides is 1. The number of carbonyl (C=O) groups is 1. The van der Waals surface area contributed by atoms with Gasteiger partial charge in [-0.05, 0) is 64.2 Å². The largest absolute Gasteiger partial charge is 0.465 e. The quantitative estimate of drug-likeness (QED) is 0.700. The molecular formula is C21H25ClN2O4. The van der Waals surface area contributed by atoms with Gasteiger partial charge < -0.3 is 14.2 Å². The normalized spacial score (nSPS) is 12.1. The lowest BCUT2D eigenvalue weighted by Crippen LogP contribution is -2.34. The fourth-order valence-corrected chi connectivity index (χ4v) is 3.01. The van der Waals surface area contributed by atoms with Crippen LogP contribution in [0.3, 0.4) is 0 Å². The Morgan fingerprint density at radius 3 is 2.43 bits per heavy atom. The number of likely N-dealkylation sites (N-methyl/N-ethyl adjacent to an activating group) is 1. The predicted molar refractivity (Wildman–Crippen MR) is 111 cm³/mol. The second-order valence-corrected chi connectivity index (χ2v) is 7.00. The molecule has 0 spiro atoms. The van der Waals surface area contributed by atoms with Crippen molar-refractivity contribution in [1.82, 2.24) is 10.2 Å². The average Bonchev–Trinajstić information content (AvgIpc) is 3.04. The van der Waals surface area contributed by atoms with E-state index < -0.39 is 5.91 Å². The van der Waals surface area contributed by atoms with Crippen LogP contribution in [0.4, 0.5) is 0 Å². The van der Waals surface area contributed by atoms with Gasteiger partial charge in [0.1, 0.15) is 17.1 Å². The van der Waals surface area contributed by atoms with Crippen molar-refractivity contribution in [3.63, 3.8) is 0 Å². The summed E-state index contributed by atoms with van der Waals surface area (Å²) >= 11 is 0. The van der Waals surface area contributed by atoms with Gasteiger partial charge in [0.15, 0.2) is 11.2 Å². The maximum absolute atomic E-state index is 12.6. The Kier molecular flexibility index (Phi) is 6.69. The third kappa shape index (κ3) is 4.29. The number of aryl methyl sites for hydroxylation is 3. The number of hydrogen-bond acceptors (Lipinski definition) is 5. The van der Waals surface area contributed by atoms with E-state index in [1.807, 2.05) is 58.0 Å². The molecule has 0 fully saturated rings. The van der Waals surface area contributed by atoms with Gasteiger partial charge in [-0.25, -0.2) is 0 Å². The molecule has 28 heavy (non-hydrogen) atoms. The van der Waals surface area contributed by atoms with Crippen molar-refractivity contribution in [2.24, 2.45) is 0 Å². The summed E-state index contributed by atoms with van der Waals surface area (Å²) < 4.78 is 11.5. The number of carbonyl (C=O) groups excluding carboxylic acids is 1. The molecule has 0 aliphatic rings. The molecule has 1 N–H and O–H groups in total. The van der Waals surface area contributed by atoms with Gasteiger partial charge >= 0.3 is 0 Å². The molecule has 0 radical (unpaired) electrons. The molecule has 3 rings (SSSR count). The van der Waals surface area contributed by atoms with Crippen LogP contribution in [-0.2, 0) is 0 Å². The summed E-state index contributed by atoms with van der Waals surface area (Å²) in [6, 6.07) is 8.51. The third-order valence-corrected chi connectivity index (χ3v) is 4.81. The maximum atomic E-state index is 12.6. The molecule has 2 aromatic heterocycles. The molecule has 0 aliphatic heterocycles. The Hall–Kier alpha value is -2.57. The minimum Gasteiger partial charge on any atom is -0.465 e. The van der Waals surface area contributed by atoms with Gasteiger partial charge in [-0.3, -0.25) is 14.5 Å². The molecule has 1 atom stereocenters. The van der Waals surface area contributed by atoms with Crippen LogP contribution in [0, 0.1) is 20.8 Å². The van der Waals surface area contributed by atoms with E-state index in [9.17, 15) is 9.59 Å². The van der Waals surface area contributed by atoms with Crippen molar-refractivity contribution < 1.29 is 13.6 Å². The molecule has 0 saturated carbocycles. The topological polar surface area (TPSA) is 75.7 Å². The van der Waals surface area contributed by atoms with Gasteiger partial charge in [-0.2, -0.15) is 0 Å². The van der Waals surface area contributed by atoms with Gasteiger partial charge in [0.25, 0.3) is 5.91 Å². The fraction of sp³-hybridized carbons (Fsp3) is 0.333. The SMILES string of the molecule is Cc1ccc(C(CNC(=O)c2cc(=O)c3ccc(C)c(C)c3o2)N(C)C)o1.Cl. The van der Waals surface area contributed by atoms with Crippen molar-refractivity contribution >= 4 is 29.3 Å². The Bertz CT molecular complexity index is 1050. The van der Waals surface area contributed by atoms with E-state index in [0.29, 0.717) is 17.5 Å². The lowest BCUT2D eigenvalue weighted by Gasteiger charge is -2.22. The first-order chi connectivity index (χ1) is 12.8. The smallest absolute Gasteiger partial charge is 0.287 e. The van der Waals surface area contributed by atoms with E-state index in [-0.39, 0.29) is 29.6 Å². The van der Waals surface area contributed by atoms with Crippen LogP contribution in [-0.4, -0.2) is 31.4 Å². The molecule has 1 amide bonds. The maximum Gasteiger partial charge on any atom is 0.287 e. The monoisotopic (exact) mass is 404 g/mol.